The maximum absolute atomic E-state index is 13.1. The van der Waals surface area contributed by atoms with Gasteiger partial charge < -0.3 is 15.6 Å². The van der Waals surface area contributed by atoms with E-state index in [4.69, 9.17) is 0 Å². The molecule has 1 aliphatic heterocycles. The van der Waals surface area contributed by atoms with Crippen molar-refractivity contribution in [3.8, 4) is 11.4 Å². The number of H-pyrrole nitrogens is 1. The molecule has 2 amide bonds. The molecule has 1 saturated heterocycles. The van der Waals surface area contributed by atoms with Crippen molar-refractivity contribution in [1.82, 2.24) is 25.3 Å². The molecule has 1 saturated carbocycles. The van der Waals surface area contributed by atoms with Crippen LogP contribution < -0.4 is 15.4 Å². The number of carbonyl (C=O) groups excluding carboxylic acids is 2. The first-order chi connectivity index (χ1) is 17.4. The van der Waals surface area contributed by atoms with Gasteiger partial charge in [-0.2, -0.15) is 0 Å². The largest absolute Gasteiger partial charge is 0.354 e. The Balaban J connectivity index is 1.19. The second-order valence-electron chi connectivity index (χ2n) is 9.65. The summed E-state index contributed by atoms with van der Waals surface area (Å²) in [5.74, 6) is 0.246. The predicted octanol–water partition coefficient (Wildman–Crippen LogP) is 2.85. The lowest BCUT2D eigenvalue weighted by atomic mass is 9.85. The molecule has 0 spiro atoms. The molecule has 0 bridgehead atoms. The number of carbonyl (C=O) groups is 2. The molecule has 36 heavy (non-hydrogen) atoms. The van der Waals surface area contributed by atoms with E-state index in [1.807, 2.05) is 30.3 Å². The molecule has 4 N–H and O–H groups in total. The monoisotopic (exact) mass is 509 g/mol. The van der Waals surface area contributed by atoms with E-state index < -0.39 is 16.1 Å². The number of rotatable bonds is 6. The molecule has 1 unspecified atom stereocenters. The summed E-state index contributed by atoms with van der Waals surface area (Å²) in [7, 11) is -3.73. The Morgan fingerprint density at radius 3 is 2.53 bits per heavy atom. The lowest BCUT2D eigenvalue weighted by Gasteiger charge is -2.29. The maximum atomic E-state index is 13.1. The highest BCUT2D eigenvalue weighted by molar-refractivity contribution is 7.89. The summed E-state index contributed by atoms with van der Waals surface area (Å²) in [4.78, 5) is 32.8. The summed E-state index contributed by atoms with van der Waals surface area (Å²) < 4.78 is 29.0. The van der Waals surface area contributed by atoms with Crippen molar-refractivity contribution in [3.63, 3.8) is 0 Å². The normalized spacial score (nSPS) is 23.1. The molecule has 2 aromatic carbocycles. The van der Waals surface area contributed by atoms with Gasteiger partial charge in [-0.1, -0.05) is 30.3 Å². The number of hydrogen-bond donors (Lipinski definition) is 4. The highest BCUT2D eigenvalue weighted by atomic mass is 32.2. The first-order valence-electron chi connectivity index (χ1n) is 12.5. The smallest absolute Gasteiger partial charge is 0.242 e. The van der Waals surface area contributed by atoms with Gasteiger partial charge in [0.1, 0.15) is 11.9 Å². The Hall–Kier alpha value is -3.24. The quantitative estimate of drug-likeness (QED) is 0.406. The minimum Gasteiger partial charge on any atom is -0.354 e. The fourth-order valence-electron chi connectivity index (χ4n) is 5.02. The molecule has 190 valence electrons. The van der Waals surface area contributed by atoms with Crippen molar-refractivity contribution in [2.45, 2.75) is 61.9 Å². The topological polar surface area (TPSA) is 133 Å². The fraction of sp³-hybridized carbons (Fsp3) is 0.423. The zero-order chi connectivity index (χ0) is 25.1. The van der Waals surface area contributed by atoms with Gasteiger partial charge in [0, 0.05) is 24.1 Å². The van der Waals surface area contributed by atoms with Crippen molar-refractivity contribution in [2.75, 3.05) is 6.54 Å². The van der Waals surface area contributed by atoms with Crippen LogP contribution >= 0.6 is 0 Å². The van der Waals surface area contributed by atoms with Gasteiger partial charge in [-0.3, -0.25) is 9.59 Å². The van der Waals surface area contributed by atoms with Crippen LogP contribution in [0, 0.1) is 5.92 Å². The van der Waals surface area contributed by atoms with Gasteiger partial charge in [-0.05, 0) is 63.1 Å². The first kappa shape index (κ1) is 24.5. The summed E-state index contributed by atoms with van der Waals surface area (Å²) in [6.45, 7) is 0.651. The molecule has 2 heterocycles. The zero-order valence-corrected chi connectivity index (χ0v) is 20.8. The molecule has 10 heteroatoms. The van der Waals surface area contributed by atoms with Gasteiger partial charge >= 0.3 is 0 Å². The number of sulfonamides is 1. The number of fused-ring (bicyclic) bond motifs is 1. The van der Waals surface area contributed by atoms with Crippen molar-refractivity contribution in [3.05, 3.63) is 48.5 Å². The highest BCUT2D eigenvalue weighted by Crippen LogP contribution is 2.27. The van der Waals surface area contributed by atoms with Crippen molar-refractivity contribution >= 4 is 32.9 Å². The summed E-state index contributed by atoms with van der Waals surface area (Å²) >= 11 is 0. The van der Waals surface area contributed by atoms with Crippen LogP contribution in [0.3, 0.4) is 0 Å². The van der Waals surface area contributed by atoms with Crippen LogP contribution in [0.4, 0.5) is 0 Å². The van der Waals surface area contributed by atoms with Crippen LogP contribution in [0.25, 0.3) is 22.4 Å². The van der Waals surface area contributed by atoms with E-state index in [-0.39, 0.29) is 28.7 Å². The molecule has 1 aromatic heterocycles. The second kappa shape index (κ2) is 10.4. The molecule has 1 atom stereocenters. The number of hydrogen-bond acceptors (Lipinski definition) is 5. The average Bonchev–Trinajstić information content (AvgIpc) is 3.22. The molecule has 2 aliphatic rings. The molecule has 3 aromatic rings. The van der Waals surface area contributed by atoms with Gasteiger partial charge in [0.05, 0.1) is 15.9 Å². The highest BCUT2D eigenvalue weighted by Gasteiger charge is 2.31. The third kappa shape index (κ3) is 5.44. The maximum Gasteiger partial charge on any atom is 0.242 e. The van der Waals surface area contributed by atoms with Gasteiger partial charge in [-0.15, -0.1) is 0 Å². The van der Waals surface area contributed by atoms with Gasteiger partial charge in [0.15, 0.2) is 0 Å². The minimum atomic E-state index is -3.73. The number of imidazole rings is 1. The van der Waals surface area contributed by atoms with E-state index >= 15 is 0 Å². The van der Waals surface area contributed by atoms with Crippen LogP contribution in [0.15, 0.2) is 53.4 Å². The Bertz CT molecular complexity index is 1350. The lowest BCUT2D eigenvalue weighted by Crippen LogP contribution is -2.48. The second-order valence-corrected chi connectivity index (χ2v) is 11.4. The van der Waals surface area contributed by atoms with Crippen molar-refractivity contribution in [2.24, 2.45) is 5.92 Å². The summed E-state index contributed by atoms with van der Waals surface area (Å²) in [5, 5.41) is 5.73. The number of nitrogens with zero attached hydrogens (tertiary/aromatic N) is 1. The summed E-state index contributed by atoms with van der Waals surface area (Å²) in [6.07, 6.45) is 4.76. The Labute approximate surface area is 210 Å². The molecule has 1 aliphatic carbocycles. The molecule has 2 fully saturated rings. The van der Waals surface area contributed by atoms with E-state index in [2.05, 4.69) is 25.3 Å². The van der Waals surface area contributed by atoms with Gasteiger partial charge in [0.2, 0.25) is 21.8 Å². The summed E-state index contributed by atoms with van der Waals surface area (Å²) in [5.41, 5.74) is 2.28. The molecule has 9 nitrogen and oxygen atoms in total. The fourth-order valence-corrected chi connectivity index (χ4v) is 6.35. The number of aromatic amines is 1. The van der Waals surface area contributed by atoms with E-state index in [0.717, 1.165) is 18.4 Å². The van der Waals surface area contributed by atoms with E-state index in [9.17, 15) is 18.0 Å². The van der Waals surface area contributed by atoms with Crippen LogP contribution in [0.5, 0.6) is 0 Å². The third-order valence-corrected chi connectivity index (χ3v) is 8.60. The predicted molar refractivity (Wildman–Crippen MR) is 136 cm³/mol. The van der Waals surface area contributed by atoms with Crippen LogP contribution in [-0.4, -0.2) is 48.8 Å². The zero-order valence-electron chi connectivity index (χ0n) is 20.0. The SMILES string of the molecule is O=C(NC1CCCCNC1=O)C1CCC(NS(=O)(=O)c2ccc3nc(-c4ccccc4)[nH]c3c2)CC1. The van der Waals surface area contributed by atoms with Gasteiger partial charge in [-0.25, -0.2) is 18.1 Å². The van der Waals surface area contributed by atoms with Crippen LogP contribution in [-0.2, 0) is 19.6 Å². The van der Waals surface area contributed by atoms with Crippen molar-refractivity contribution in [1.29, 1.82) is 0 Å². The Kier molecular flexibility index (Phi) is 7.06. The van der Waals surface area contributed by atoms with Crippen molar-refractivity contribution < 1.29 is 18.0 Å². The van der Waals surface area contributed by atoms with E-state index in [1.165, 1.54) is 0 Å². The number of benzene rings is 2. The van der Waals surface area contributed by atoms with Gasteiger partial charge in [0.25, 0.3) is 0 Å². The van der Waals surface area contributed by atoms with Crippen LogP contribution in [0.1, 0.15) is 44.9 Å². The third-order valence-electron chi connectivity index (χ3n) is 7.08. The Morgan fingerprint density at radius 1 is 0.972 bits per heavy atom. The lowest BCUT2D eigenvalue weighted by molar-refractivity contribution is -0.131. The minimum absolute atomic E-state index is 0.114. The van der Waals surface area contributed by atoms with E-state index in [1.54, 1.807) is 18.2 Å². The molecule has 5 rings (SSSR count). The molecular formula is C26H31N5O4S. The standard InChI is InChI=1S/C26H31N5O4S/c32-25(30-22-8-4-5-15-27-26(22)33)18-9-11-19(12-10-18)31-36(34,35)20-13-14-21-23(16-20)29-24(28-21)17-6-2-1-3-7-17/h1-3,6-7,13-14,16,18-19,22,31H,4-5,8-12,15H2,(H,27,33)(H,28,29)(H,30,32). The van der Waals surface area contributed by atoms with E-state index in [0.29, 0.717) is 55.5 Å². The number of nitrogens with one attached hydrogen (secondary N) is 4. The molecule has 0 radical (unpaired) electrons. The van der Waals surface area contributed by atoms with Crippen LogP contribution in [0.2, 0.25) is 0 Å². The number of aromatic nitrogens is 2. The Morgan fingerprint density at radius 2 is 1.75 bits per heavy atom. The average molecular weight is 510 g/mol. The number of amides is 2. The summed E-state index contributed by atoms with van der Waals surface area (Å²) in [6, 6.07) is 13.8. The molecular weight excluding hydrogens is 478 g/mol. The first-order valence-corrected chi connectivity index (χ1v) is 14.0.